The number of hydrogen-bond donors (Lipinski definition) is 1. The fourth-order valence-corrected chi connectivity index (χ4v) is 2.11. The van der Waals surface area contributed by atoms with E-state index in [0.717, 1.165) is 10.1 Å². The van der Waals surface area contributed by atoms with Crippen molar-refractivity contribution in [3.8, 4) is 0 Å². The largest absolute Gasteiger partial charge is 0.856 e. The summed E-state index contributed by atoms with van der Waals surface area (Å²) >= 11 is 1.41. The fourth-order valence-electron chi connectivity index (χ4n) is 1.15. The zero-order valence-corrected chi connectivity index (χ0v) is 7.54. The molecule has 2 rings (SSSR count). The number of nitrogens with two attached hydrogens (primary N) is 1. The van der Waals surface area contributed by atoms with Crippen molar-refractivity contribution < 1.29 is 5.11 Å². The standard InChI is InChI=1S/C9H8N2OS/c10-11-9(12)8-5-6-3-1-2-4-7(6)13-8/h1-5H,10H2,(H,11,12)/p-1. The Morgan fingerprint density at radius 3 is 2.85 bits per heavy atom. The molecule has 0 aliphatic heterocycles. The molecule has 2 N–H and O–H groups in total. The Hall–Kier alpha value is -1.55. The van der Waals surface area contributed by atoms with Gasteiger partial charge in [-0.3, -0.25) is 0 Å². The van der Waals surface area contributed by atoms with E-state index in [-0.39, 0.29) is 5.90 Å². The van der Waals surface area contributed by atoms with E-state index in [4.69, 9.17) is 5.84 Å². The van der Waals surface area contributed by atoms with Crippen LogP contribution < -0.4 is 10.9 Å². The molecule has 13 heavy (non-hydrogen) atoms. The Balaban J connectivity index is 2.62. The van der Waals surface area contributed by atoms with Crippen molar-refractivity contribution >= 4 is 27.3 Å². The van der Waals surface area contributed by atoms with Crippen LogP contribution in [0.5, 0.6) is 0 Å². The Morgan fingerprint density at radius 1 is 1.38 bits per heavy atom. The minimum absolute atomic E-state index is 0.360. The smallest absolute Gasteiger partial charge is 0.0408 e. The lowest BCUT2D eigenvalue weighted by Crippen LogP contribution is -2.18. The molecule has 0 saturated heterocycles. The van der Waals surface area contributed by atoms with Crippen LogP contribution in [0, 0.1) is 0 Å². The number of hydrogen-bond acceptors (Lipinski definition) is 4. The lowest BCUT2D eigenvalue weighted by molar-refractivity contribution is -0.212. The predicted molar refractivity (Wildman–Crippen MR) is 52.5 cm³/mol. The van der Waals surface area contributed by atoms with E-state index in [0.29, 0.717) is 4.88 Å². The highest BCUT2D eigenvalue weighted by Crippen LogP contribution is 2.24. The molecule has 0 amide bonds. The lowest BCUT2D eigenvalue weighted by Gasteiger charge is -2.02. The van der Waals surface area contributed by atoms with Crippen LogP contribution >= 0.6 is 11.3 Å². The van der Waals surface area contributed by atoms with E-state index in [1.165, 1.54) is 11.3 Å². The molecule has 2 aromatic rings. The normalized spacial score (nSPS) is 12.2. The van der Waals surface area contributed by atoms with Crippen LogP contribution in [0.4, 0.5) is 0 Å². The van der Waals surface area contributed by atoms with Crippen LogP contribution in [-0.4, -0.2) is 5.90 Å². The number of nitrogens with zero attached hydrogens (tertiary/aromatic N) is 1. The van der Waals surface area contributed by atoms with Gasteiger partial charge in [0.1, 0.15) is 0 Å². The van der Waals surface area contributed by atoms with Gasteiger partial charge in [0.2, 0.25) is 0 Å². The summed E-state index contributed by atoms with van der Waals surface area (Å²) in [6.07, 6.45) is 0. The second-order valence-corrected chi connectivity index (χ2v) is 3.67. The second kappa shape index (κ2) is 3.06. The van der Waals surface area contributed by atoms with E-state index >= 15 is 0 Å². The highest BCUT2D eigenvalue weighted by Gasteiger charge is 1.99. The third-order valence-electron chi connectivity index (χ3n) is 1.75. The summed E-state index contributed by atoms with van der Waals surface area (Å²) in [5.74, 6) is 4.55. The monoisotopic (exact) mass is 191 g/mol. The van der Waals surface area contributed by atoms with Gasteiger partial charge in [-0.05, 0) is 17.5 Å². The van der Waals surface area contributed by atoms with Gasteiger partial charge in [-0.1, -0.05) is 18.2 Å². The summed E-state index contributed by atoms with van der Waals surface area (Å²) in [5.41, 5.74) is 0. The maximum absolute atomic E-state index is 11.1. The first-order valence-electron chi connectivity index (χ1n) is 3.75. The first-order valence-corrected chi connectivity index (χ1v) is 4.57. The van der Waals surface area contributed by atoms with Gasteiger partial charge in [0, 0.05) is 15.5 Å². The summed E-state index contributed by atoms with van der Waals surface area (Å²) in [4.78, 5) is 0.587. The van der Waals surface area contributed by atoms with Crippen LogP contribution in [0.15, 0.2) is 35.4 Å². The zero-order valence-electron chi connectivity index (χ0n) is 6.73. The lowest BCUT2D eigenvalue weighted by atomic mass is 10.2. The summed E-state index contributed by atoms with van der Waals surface area (Å²) in [6, 6.07) is 9.60. The molecular formula is C9H7N2OS-. The van der Waals surface area contributed by atoms with Crippen molar-refractivity contribution in [3.63, 3.8) is 0 Å². The molecule has 1 aromatic carbocycles. The molecule has 0 saturated carbocycles. The van der Waals surface area contributed by atoms with E-state index in [9.17, 15) is 5.11 Å². The quantitative estimate of drug-likeness (QED) is 0.315. The molecular weight excluding hydrogens is 184 g/mol. The predicted octanol–water partition coefficient (Wildman–Crippen LogP) is 0.882. The van der Waals surface area contributed by atoms with Gasteiger partial charge in [0.15, 0.2) is 0 Å². The van der Waals surface area contributed by atoms with Crippen LogP contribution in [-0.2, 0) is 0 Å². The number of benzene rings is 1. The SMILES string of the molecule is NN=C([O-])c1cc2ccccc2s1. The van der Waals surface area contributed by atoms with Gasteiger partial charge in [-0.15, -0.1) is 11.3 Å². The molecule has 0 fully saturated rings. The van der Waals surface area contributed by atoms with Crippen molar-refractivity contribution in [2.75, 3.05) is 0 Å². The molecule has 0 aliphatic carbocycles. The van der Waals surface area contributed by atoms with Gasteiger partial charge >= 0.3 is 0 Å². The molecule has 3 nitrogen and oxygen atoms in total. The van der Waals surface area contributed by atoms with Gasteiger partial charge in [0.25, 0.3) is 0 Å². The molecule has 0 spiro atoms. The Morgan fingerprint density at radius 2 is 2.15 bits per heavy atom. The Kier molecular flexibility index (Phi) is 1.90. The highest BCUT2D eigenvalue weighted by atomic mass is 32.1. The highest BCUT2D eigenvalue weighted by molar-refractivity contribution is 7.20. The summed E-state index contributed by atoms with van der Waals surface area (Å²) < 4.78 is 1.08. The molecule has 66 valence electrons. The molecule has 1 heterocycles. The average Bonchev–Trinajstić information content (AvgIpc) is 2.59. The van der Waals surface area contributed by atoms with E-state index in [1.807, 2.05) is 24.3 Å². The first-order chi connectivity index (χ1) is 6.31. The molecule has 0 radical (unpaired) electrons. The number of fused-ring (bicyclic) bond motifs is 1. The molecule has 0 aliphatic rings. The number of hydrazone groups is 1. The van der Waals surface area contributed by atoms with E-state index in [2.05, 4.69) is 5.10 Å². The number of thiophene rings is 1. The maximum Gasteiger partial charge on any atom is 0.0408 e. The minimum Gasteiger partial charge on any atom is -0.856 e. The minimum atomic E-state index is -0.360. The van der Waals surface area contributed by atoms with Crippen LogP contribution in [0.2, 0.25) is 0 Å². The van der Waals surface area contributed by atoms with Gasteiger partial charge in [-0.25, -0.2) is 0 Å². The van der Waals surface area contributed by atoms with Crippen LogP contribution in [0.25, 0.3) is 10.1 Å². The van der Waals surface area contributed by atoms with Gasteiger partial charge < -0.3 is 10.9 Å². The third-order valence-corrected chi connectivity index (χ3v) is 2.86. The van der Waals surface area contributed by atoms with Gasteiger partial charge in [0.05, 0.1) is 0 Å². The van der Waals surface area contributed by atoms with E-state index in [1.54, 1.807) is 6.07 Å². The van der Waals surface area contributed by atoms with Crippen LogP contribution in [0.3, 0.4) is 0 Å². The van der Waals surface area contributed by atoms with Crippen molar-refractivity contribution in [2.45, 2.75) is 0 Å². The number of rotatable bonds is 1. The molecule has 0 unspecified atom stereocenters. The summed E-state index contributed by atoms with van der Waals surface area (Å²) in [6.45, 7) is 0. The zero-order chi connectivity index (χ0) is 9.26. The topological polar surface area (TPSA) is 61.4 Å². The molecule has 0 bridgehead atoms. The summed E-state index contributed by atoms with van der Waals surface area (Å²) in [7, 11) is 0. The summed E-state index contributed by atoms with van der Waals surface area (Å²) in [5, 5.41) is 15.3. The first kappa shape index (κ1) is 8.07. The second-order valence-electron chi connectivity index (χ2n) is 2.58. The molecule has 0 atom stereocenters. The van der Waals surface area contributed by atoms with Crippen molar-refractivity contribution in [1.29, 1.82) is 0 Å². The van der Waals surface area contributed by atoms with E-state index < -0.39 is 0 Å². The average molecular weight is 191 g/mol. The molecule has 1 aromatic heterocycles. The Bertz CT molecular complexity index is 428. The Labute approximate surface area is 79.1 Å². The van der Waals surface area contributed by atoms with Crippen molar-refractivity contribution in [1.82, 2.24) is 0 Å². The van der Waals surface area contributed by atoms with Crippen LogP contribution in [0.1, 0.15) is 4.88 Å². The van der Waals surface area contributed by atoms with Crippen molar-refractivity contribution in [2.24, 2.45) is 10.9 Å². The third kappa shape index (κ3) is 1.36. The maximum atomic E-state index is 11.1. The molecule has 4 heteroatoms. The van der Waals surface area contributed by atoms with Gasteiger partial charge in [-0.2, -0.15) is 5.10 Å². The van der Waals surface area contributed by atoms with Crippen molar-refractivity contribution in [3.05, 3.63) is 35.2 Å². The fraction of sp³-hybridized carbons (Fsp3) is 0.